The largest absolute Gasteiger partial charge is 0.354 e. The summed E-state index contributed by atoms with van der Waals surface area (Å²) in [5, 5.41) is 6.03. The Labute approximate surface area is 168 Å². The molecule has 0 aliphatic carbocycles. The average Bonchev–Trinajstić information content (AvgIpc) is 2.68. The van der Waals surface area contributed by atoms with Gasteiger partial charge in [0.15, 0.2) is 0 Å². The molecular weight excluding hydrogens is 402 g/mol. The highest BCUT2D eigenvalue weighted by Crippen LogP contribution is 2.17. The van der Waals surface area contributed by atoms with Crippen molar-refractivity contribution in [1.29, 1.82) is 0 Å². The van der Waals surface area contributed by atoms with E-state index in [4.69, 9.17) is 11.6 Å². The number of nitrogens with zero attached hydrogens (tertiary/aromatic N) is 1. The number of rotatable bonds is 6. The Kier molecular flexibility index (Phi) is 6.33. The Morgan fingerprint density at radius 1 is 1.18 bits per heavy atom. The molecule has 1 fully saturated rings. The van der Waals surface area contributed by atoms with E-state index in [0.29, 0.717) is 23.6 Å². The third-order valence-corrected chi connectivity index (χ3v) is 6.44. The van der Waals surface area contributed by atoms with Gasteiger partial charge in [-0.05, 0) is 48.4 Å². The van der Waals surface area contributed by atoms with Crippen LogP contribution in [-0.4, -0.2) is 50.7 Å². The smallest absolute Gasteiger partial charge is 0.251 e. The summed E-state index contributed by atoms with van der Waals surface area (Å²) in [6, 6.07) is 13.1. The van der Waals surface area contributed by atoms with Gasteiger partial charge in [0, 0.05) is 30.2 Å². The Hall–Kier alpha value is -2.42. The van der Waals surface area contributed by atoms with Gasteiger partial charge in [0.05, 0.1) is 11.4 Å². The Bertz CT molecular complexity index is 977. The number of halogens is 1. The SMILES string of the molecule is O=C1CN(S(=O)(=O)c2ccc(C(=O)NCCc3cccc(Cl)c3)cc2)CCN1. The predicted molar refractivity (Wildman–Crippen MR) is 106 cm³/mol. The zero-order chi connectivity index (χ0) is 20.1. The van der Waals surface area contributed by atoms with Crippen LogP contribution in [0.25, 0.3) is 0 Å². The van der Waals surface area contributed by atoms with E-state index in [1.165, 1.54) is 24.3 Å². The van der Waals surface area contributed by atoms with Crippen molar-refractivity contribution >= 4 is 33.4 Å². The zero-order valence-electron chi connectivity index (χ0n) is 15.0. The van der Waals surface area contributed by atoms with Crippen molar-refractivity contribution in [1.82, 2.24) is 14.9 Å². The second-order valence-electron chi connectivity index (χ2n) is 6.35. The van der Waals surface area contributed by atoms with Gasteiger partial charge in [-0.3, -0.25) is 9.59 Å². The fourth-order valence-corrected chi connectivity index (χ4v) is 4.47. The van der Waals surface area contributed by atoms with E-state index in [0.717, 1.165) is 9.87 Å². The predicted octanol–water partition coefficient (Wildman–Crippen LogP) is 1.43. The average molecular weight is 422 g/mol. The van der Waals surface area contributed by atoms with Crippen LogP contribution in [0.2, 0.25) is 5.02 Å². The highest BCUT2D eigenvalue weighted by molar-refractivity contribution is 7.89. The van der Waals surface area contributed by atoms with Crippen LogP contribution in [0.3, 0.4) is 0 Å². The second-order valence-corrected chi connectivity index (χ2v) is 8.72. The van der Waals surface area contributed by atoms with Gasteiger partial charge in [-0.25, -0.2) is 8.42 Å². The third-order valence-electron chi connectivity index (χ3n) is 4.35. The number of carbonyl (C=O) groups excluding carboxylic acids is 2. The van der Waals surface area contributed by atoms with Gasteiger partial charge in [-0.15, -0.1) is 0 Å². The lowest BCUT2D eigenvalue weighted by molar-refractivity contribution is -0.122. The van der Waals surface area contributed by atoms with E-state index >= 15 is 0 Å². The Morgan fingerprint density at radius 2 is 1.93 bits per heavy atom. The minimum atomic E-state index is -3.77. The summed E-state index contributed by atoms with van der Waals surface area (Å²) in [6.07, 6.45) is 0.635. The molecule has 3 rings (SSSR count). The monoisotopic (exact) mass is 421 g/mol. The van der Waals surface area contributed by atoms with Crippen molar-refractivity contribution in [2.24, 2.45) is 0 Å². The molecule has 0 saturated carbocycles. The lowest BCUT2D eigenvalue weighted by Crippen LogP contribution is -2.49. The maximum atomic E-state index is 12.6. The van der Waals surface area contributed by atoms with Crippen LogP contribution in [-0.2, 0) is 21.2 Å². The van der Waals surface area contributed by atoms with Crippen molar-refractivity contribution < 1.29 is 18.0 Å². The first-order valence-corrected chi connectivity index (χ1v) is 10.6. The summed E-state index contributed by atoms with van der Waals surface area (Å²) >= 11 is 5.94. The van der Waals surface area contributed by atoms with Gasteiger partial charge in [0.1, 0.15) is 0 Å². The quantitative estimate of drug-likeness (QED) is 0.737. The topological polar surface area (TPSA) is 95.6 Å². The molecule has 1 aliphatic heterocycles. The highest BCUT2D eigenvalue weighted by atomic mass is 35.5. The molecular formula is C19H20ClN3O4S. The van der Waals surface area contributed by atoms with E-state index in [9.17, 15) is 18.0 Å². The zero-order valence-corrected chi connectivity index (χ0v) is 16.6. The number of carbonyl (C=O) groups is 2. The summed E-state index contributed by atoms with van der Waals surface area (Å²) in [4.78, 5) is 23.7. The van der Waals surface area contributed by atoms with Crippen molar-refractivity contribution in [3.8, 4) is 0 Å². The molecule has 1 aliphatic rings. The fourth-order valence-electron chi connectivity index (χ4n) is 2.86. The molecule has 0 aromatic heterocycles. The van der Waals surface area contributed by atoms with Crippen molar-refractivity contribution in [2.75, 3.05) is 26.2 Å². The van der Waals surface area contributed by atoms with Gasteiger partial charge < -0.3 is 10.6 Å². The lowest BCUT2D eigenvalue weighted by Gasteiger charge is -2.25. The van der Waals surface area contributed by atoms with Gasteiger partial charge in [-0.2, -0.15) is 4.31 Å². The summed E-state index contributed by atoms with van der Waals surface area (Å²) < 4.78 is 26.3. The molecule has 0 atom stereocenters. The fraction of sp³-hybridized carbons (Fsp3) is 0.263. The molecule has 0 bridgehead atoms. The van der Waals surface area contributed by atoms with E-state index in [1.54, 1.807) is 6.07 Å². The Morgan fingerprint density at radius 3 is 2.61 bits per heavy atom. The van der Waals surface area contributed by atoms with Crippen molar-refractivity contribution in [3.05, 3.63) is 64.7 Å². The van der Waals surface area contributed by atoms with Crippen LogP contribution >= 0.6 is 11.6 Å². The number of piperazine rings is 1. The summed E-state index contributed by atoms with van der Waals surface area (Å²) in [6.45, 7) is 0.737. The molecule has 28 heavy (non-hydrogen) atoms. The van der Waals surface area contributed by atoms with E-state index < -0.39 is 10.0 Å². The van der Waals surface area contributed by atoms with Crippen LogP contribution in [0.1, 0.15) is 15.9 Å². The first-order valence-electron chi connectivity index (χ1n) is 8.76. The first-order chi connectivity index (χ1) is 13.4. The van der Waals surface area contributed by atoms with Gasteiger partial charge in [0.25, 0.3) is 5.91 Å². The van der Waals surface area contributed by atoms with Crippen LogP contribution < -0.4 is 10.6 Å². The maximum absolute atomic E-state index is 12.6. The molecule has 148 valence electrons. The minimum Gasteiger partial charge on any atom is -0.354 e. The molecule has 7 nitrogen and oxygen atoms in total. The van der Waals surface area contributed by atoms with Crippen LogP contribution in [0.15, 0.2) is 53.4 Å². The molecule has 1 heterocycles. The number of sulfonamides is 1. The van der Waals surface area contributed by atoms with E-state index in [1.807, 2.05) is 18.2 Å². The van der Waals surface area contributed by atoms with Crippen molar-refractivity contribution in [2.45, 2.75) is 11.3 Å². The normalized spacial score (nSPS) is 15.1. The summed E-state index contributed by atoms with van der Waals surface area (Å²) in [7, 11) is -3.77. The maximum Gasteiger partial charge on any atom is 0.251 e. The first kappa shape index (κ1) is 20.3. The standard InChI is InChI=1S/C19H20ClN3O4S/c20-16-3-1-2-14(12-16)8-9-22-19(25)15-4-6-17(7-5-15)28(26,27)23-11-10-21-18(24)13-23/h1-7,12H,8-11,13H2,(H,21,24)(H,22,25). The van der Waals surface area contributed by atoms with Gasteiger partial charge in [0.2, 0.25) is 15.9 Å². The molecule has 2 amide bonds. The molecule has 0 spiro atoms. The molecule has 0 unspecified atom stereocenters. The summed E-state index contributed by atoms with van der Waals surface area (Å²) in [5.74, 6) is -0.617. The molecule has 9 heteroatoms. The molecule has 2 aromatic carbocycles. The number of amides is 2. The number of hydrogen-bond acceptors (Lipinski definition) is 4. The van der Waals surface area contributed by atoms with Gasteiger partial charge in [-0.1, -0.05) is 23.7 Å². The number of hydrogen-bond donors (Lipinski definition) is 2. The Balaban J connectivity index is 1.60. The molecule has 2 N–H and O–H groups in total. The molecule has 2 aromatic rings. The van der Waals surface area contributed by atoms with E-state index in [2.05, 4.69) is 10.6 Å². The van der Waals surface area contributed by atoms with Crippen LogP contribution in [0, 0.1) is 0 Å². The van der Waals surface area contributed by atoms with Crippen LogP contribution in [0.4, 0.5) is 0 Å². The van der Waals surface area contributed by atoms with E-state index in [-0.39, 0.29) is 36.3 Å². The van der Waals surface area contributed by atoms with Gasteiger partial charge >= 0.3 is 0 Å². The van der Waals surface area contributed by atoms with Crippen LogP contribution in [0.5, 0.6) is 0 Å². The summed E-state index contributed by atoms with van der Waals surface area (Å²) in [5.41, 5.74) is 1.38. The molecule has 0 radical (unpaired) electrons. The number of nitrogens with one attached hydrogen (secondary N) is 2. The third kappa shape index (κ3) is 4.89. The second kappa shape index (κ2) is 8.72. The lowest BCUT2D eigenvalue weighted by atomic mass is 10.1. The highest BCUT2D eigenvalue weighted by Gasteiger charge is 2.29. The number of benzene rings is 2. The van der Waals surface area contributed by atoms with Crippen molar-refractivity contribution in [3.63, 3.8) is 0 Å². The molecule has 1 saturated heterocycles. The minimum absolute atomic E-state index is 0.0534.